The fourth-order valence-corrected chi connectivity index (χ4v) is 3.72. The molecule has 0 spiro atoms. The van der Waals surface area contributed by atoms with Gasteiger partial charge in [0.1, 0.15) is 0 Å². The lowest BCUT2D eigenvalue weighted by Crippen LogP contribution is -2.11. The van der Waals surface area contributed by atoms with Gasteiger partial charge in [0.15, 0.2) is 9.76 Å². The third-order valence-electron chi connectivity index (χ3n) is 3.58. The largest absolute Gasteiger partial charge is 0.423 e. The fourth-order valence-electron chi connectivity index (χ4n) is 2.41. The Labute approximate surface area is 124 Å². The van der Waals surface area contributed by atoms with Crippen molar-refractivity contribution < 1.29 is 4.43 Å². The van der Waals surface area contributed by atoms with Crippen molar-refractivity contribution in [3.63, 3.8) is 0 Å². The molecular formula is C18H24OSi. The van der Waals surface area contributed by atoms with Gasteiger partial charge in [-0.3, -0.25) is 0 Å². The summed E-state index contributed by atoms with van der Waals surface area (Å²) in [6.45, 7) is 3.06. The van der Waals surface area contributed by atoms with Crippen LogP contribution in [0.1, 0.15) is 36.8 Å². The zero-order valence-corrected chi connectivity index (χ0v) is 13.7. The van der Waals surface area contributed by atoms with Gasteiger partial charge >= 0.3 is 0 Å². The molecule has 2 heteroatoms. The van der Waals surface area contributed by atoms with Crippen LogP contribution in [0, 0.1) is 0 Å². The maximum absolute atomic E-state index is 6.05. The van der Waals surface area contributed by atoms with E-state index in [2.05, 4.69) is 67.6 Å². The predicted molar refractivity (Wildman–Crippen MR) is 88.9 cm³/mol. The fraction of sp³-hybridized carbons (Fsp3) is 0.333. The van der Waals surface area contributed by atoms with E-state index < -0.39 is 0 Å². The highest BCUT2D eigenvalue weighted by molar-refractivity contribution is 6.26. The SMILES string of the molecule is CCCC[SiH2]OCC(c1ccccc1)c1ccccc1. The van der Waals surface area contributed by atoms with Crippen LogP contribution < -0.4 is 0 Å². The highest BCUT2D eigenvalue weighted by Gasteiger charge is 2.13. The quantitative estimate of drug-likeness (QED) is 0.523. The molecule has 2 rings (SSSR count). The van der Waals surface area contributed by atoms with E-state index in [-0.39, 0.29) is 9.76 Å². The van der Waals surface area contributed by atoms with Gasteiger partial charge in [0.25, 0.3) is 0 Å². The summed E-state index contributed by atoms with van der Waals surface area (Å²) in [7, 11) is -0.352. The second-order valence-electron chi connectivity index (χ2n) is 5.16. The van der Waals surface area contributed by atoms with Crippen LogP contribution in [0.2, 0.25) is 6.04 Å². The van der Waals surface area contributed by atoms with E-state index in [1.165, 1.54) is 30.0 Å². The first-order valence-electron chi connectivity index (χ1n) is 7.59. The van der Waals surface area contributed by atoms with Gasteiger partial charge in [-0.2, -0.15) is 0 Å². The van der Waals surface area contributed by atoms with Crippen molar-refractivity contribution in [2.75, 3.05) is 6.61 Å². The zero-order valence-electron chi connectivity index (χ0n) is 12.3. The van der Waals surface area contributed by atoms with Gasteiger partial charge in [0.05, 0.1) is 0 Å². The maximum Gasteiger partial charge on any atom is 0.161 e. The van der Waals surface area contributed by atoms with Crippen molar-refractivity contribution >= 4 is 9.76 Å². The molecule has 2 aromatic rings. The summed E-state index contributed by atoms with van der Waals surface area (Å²) >= 11 is 0. The molecule has 106 valence electrons. The Morgan fingerprint density at radius 2 is 1.45 bits per heavy atom. The first-order valence-corrected chi connectivity index (χ1v) is 9.17. The van der Waals surface area contributed by atoms with Gasteiger partial charge in [-0.1, -0.05) is 80.4 Å². The minimum atomic E-state index is -0.352. The van der Waals surface area contributed by atoms with Crippen molar-refractivity contribution in [3.8, 4) is 0 Å². The number of hydrogen-bond donors (Lipinski definition) is 0. The molecule has 0 aliphatic heterocycles. The van der Waals surface area contributed by atoms with Gasteiger partial charge < -0.3 is 4.43 Å². The Morgan fingerprint density at radius 1 is 0.900 bits per heavy atom. The Balaban J connectivity index is 2.02. The predicted octanol–water partition coefficient (Wildman–Crippen LogP) is 4.14. The van der Waals surface area contributed by atoms with Gasteiger partial charge in [-0.05, 0) is 17.2 Å². The van der Waals surface area contributed by atoms with Crippen molar-refractivity contribution in [1.29, 1.82) is 0 Å². The summed E-state index contributed by atoms with van der Waals surface area (Å²) < 4.78 is 6.05. The second kappa shape index (κ2) is 8.72. The van der Waals surface area contributed by atoms with Gasteiger partial charge in [0, 0.05) is 12.5 Å². The molecule has 1 nitrogen and oxygen atoms in total. The van der Waals surface area contributed by atoms with Crippen LogP contribution in [0.15, 0.2) is 60.7 Å². The molecule has 0 aliphatic rings. The first kappa shape index (κ1) is 15.0. The van der Waals surface area contributed by atoms with E-state index in [1.807, 2.05) is 0 Å². The summed E-state index contributed by atoms with van der Waals surface area (Å²) in [5, 5.41) is 0. The standard InChI is InChI=1S/C18H24OSi/c1-2-3-14-20-19-15-18(16-10-6-4-7-11-16)17-12-8-5-9-13-17/h4-13,18H,2-3,14-15,20H2,1H3. The lowest BCUT2D eigenvalue weighted by Gasteiger charge is -2.18. The number of unbranched alkanes of at least 4 members (excludes halogenated alkanes) is 1. The number of hydrogen-bond acceptors (Lipinski definition) is 1. The highest BCUT2D eigenvalue weighted by Crippen LogP contribution is 2.24. The molecule has 0 radical (unpaired) electrons. The summed E-state index contributed by atoms with van der Waals surface area (Å²) in [5.41, 5.74) is 2.70. The average Bonchev–Trinajstić information content (AvgIpc) is 2.53. The molecule has 0 amide bonds. The molecule has 20 heavy (non-hydrogen) atoms. The maximum atomic E-state index is 6.05. The van der Waals surface area contributed by atoms with Crippen molar-refractivity contribution in [2.45, 2.75) is 31.7 Å². The van der Waals surface area contributed by atoms with E-state index in [4.69, 9.17) is 4.43 Å². The zero-order chi connectivity index (χ0) is 14.0. The Bertz CT molecular complexity index is 430. The molecule has 0 heterocycles. The van der Waals surface area contributed by atoms with Gasteiger partial charge in [0.2, 0.25) is 0 Å². The van der Waals surface area contributed by atoms with E-state index in [0.717, 1.165) is 6.61 Å². The topological polar surface area (TPSA) is 9.23 Å². The molecule has 2 aromatic carbocycles. The van der Waals surface area contributed by atoms with E-state index >= 15 is 0 Å². The van der Waals surface area contributed by atoms with Crippen LogP contribution >= 0.6 is 0 Å². The monoisotopic (exact) mass is 284 g/mol. The molecule has 0 saturated heterocycles. The summed E-state index contributed by atoms with van der Waals surface area (Å²) in [4.78, 5) is 0. The lowest BCUT2D eigenvalue weighted by molar-refractivity contribution is 0.318. The van der Waals surface area contributed by atoms with Crippen LogP contribution in [-0.4, -0.2) is 16.4 Å². The molecule has 0 N–H and O–H groups in total. The molecule has 0 bridgehead atoms. The lowest BCUT2D eigenvalue weighted by atomic mass is 9.92. The molecular weight excluding hydrogens is 260 g/mol. The number of benzene rings is 2. The molecule has 0 aromatic heterocycles. The number of rotatable bonds is 8. The van der Waals surface area contributed by atoms with Crippen LogP contribution in [0.5, 0.6) is 0 Å². The Morgan fingerprint density at radius 3 is 1.95 bits per heavy atom. The van der Waals surface area contributed by atoms with Gasteiger partial charge in [-0.15, -0.1) is 0 Å². The normalized spacial score (nSPS) is 11.5. The second-order valence-corrected chi connectivity index (χ2v) is 6.68. The van der Waals surface area contributed by atoms with Gasteiger partial charge in [-0.25, -0.2) is 0 Å². The molecule has 0 saturated carbocycles. The van der Waals surface area contributed by atoms with E-state index in [9.17, 15) is 0 Å². The van der Waals surface area contributed by atoms with Crippen molar-refractivity contribution in [2.24, 2.45) is 0 Å². The van der Waals surface area contributed by atoms with Crippen molar-refractivity contribution in [3.05, 3.63) is 71.8 Å². The summed E-state index contributed by atoms with van der Waals surface area (Å²) in [5.74, 6) is 0.367. The average molecular weight is 284 g/mol. The molecule has 0 fully saturated rings. The Hall–Kier alpha value is -1.38. The third kappa shape index (κ3) is 4.62. The highest BCUT2D eigenvalue weighted by atomic mass is 28.2. The summed E-state index contributed by atoms with van der Waals surface area (Å²) in [6.07, 6.45) is 2.59. The van der Waals surface area contributed by atoms with Crippen LogP contribution in [0.25, 0.3) is 0 Å². The van der Waals surface area contributed by atoms with Crippen LogP contribution in [-0.2, 0) is 4.43 Å². The smallest absolute Gasteiger partial charge is 0.161 e. The minimum absolute atomic E-state index is 0.352. The Kier molecular flexibility index (Phi) is 6.55. The third-order valence-corrected chi connectivity index (χ3v) is 4.89. The molecule has 0 atom stereocenters. The van der Waals surface area contributed by atoms with Crippen LogP contribution in [0.3, 0.4) is 0 Å². The van der Waals surface area contributed by atoms with E-state index in [0.29, 0.717) is 5.92 Å². The summed E-state index contributed by atoms with van der Waals surface area (Å²) in [6, 6.07) is 22.7. The van der Waals surface area contributed by atoms with Crippen molar-refractivity contribution in [1.82, 2.24) is 0 Å². The van der Waals surface area contributed by atoms with E-state index in [1.54, 1.807) is 0 Å². The molecule has 0 unspecified atom stereocenters. The molecule has 0 aliphatic carbocycles. The van der Waals surface area contributed by atoms with Crippen LogP contribution in [0.4, 0.5) is 0 Å². The first-order chi connectivity index (χ1) is 9.92. The minimum Gasteiger partial charge on any atom is -0.423 e.